The van der Waals surface area contributed by atoms with Crippen molar-refractivity contribution in [2.45, 2.75) is 6.92 Å². The van der Waals surface area contributed by atoms with Crippen LogP contribution in [0.2, 0.25) is 0 Å². The van der Waals surface area contributed by atoms with Crippen molar-refractivity contribution in [2.75, 3.05) is 5.73 Å². The van der Waals surface area contributed by atoms with Crippen molar-refractivity contribution in [1.29, 1.82) is 0 Å². The highest BCUT2D eigenvalue weighted by Crippen LogP contribution is 2.24. The van der Waals surface area contributed by atoms with Crippen LogP contribution in [0.5, 0.6) is 0 Å². The Balaban J connectivity index is 0.00000133. The van der Waals surface area contributed by atoms with Crippen LogP contribution < -0.4 is 5.73 Å². The molecule has 3 nitrogen and oxygen atoms in total. The number of hydrogen-bond acceptors (Lipinski definition) is 2. The Hall–Kier alpha value is -2.07. The molecule has 5 heteroatoms. The summed E-state index contributed by atoms with van der Waals surface area (Å²) in [5.74, 6) is -0.344. The first kappa shape index (κ1) is 13.4. The van der Waals surface area contributed by atoms with Crippen LogP contribution in [0.15, 0.2) is 42.6 Å². The first-order chi connectivity index (χ1) is 8.65. The summed E-state index contributed by atoms with van der Waals surface area (Å²) in [4.78, 5) is 0. The van der Waals surface area contributed by atoms with Gasteiger partial charge in [0.05, 0.1) is 22.8 Å². The minimum Gasteiger partial charge on any atom is -0.399 e. The molecule has 0 amide bonds. The smallest absolute Gasteiger partial charge is 0.136 e. The first-order valence-electron chi connectivity index (χ1n) is 5.65. The highest BCUT2D eigenvalue weighted by molar-refractivity contribution is 5.85. The quantitative estimate of drug-likeness (QED) is 0.692. The molecule has 0 aliphatic rings. The molecular formula is C14H13ClFN3. The van der Waals surface area contributed by atoms with Crippen LogP contribution in [-0.4, -0.2) is 9.78 Å². The van der Waals surface area contributed by atoms with Gasteiger partial charge in [0.15, 0.2) is 0 Å². The topological polar surface area (TPSA) is 43.8 Å². The van der Waals surface area contributed by atoms with Crippen molar-refractivity contribution in [3.05, 3.63) is 54.0 Å². The van der Waals surface area contributed by atoms with Gasteiger partial charge in [-0.05, 0) is 36.8 Å². The molecule has 0 atom stereocenters. The van der Waals surface area contributed by atoms with E-state index in [9.17, 15) is 4.39 Å². The third-order valence-corrected chi connectivity index (χ3v) is 2.91. The third-order valence-electron chi connectivity index (χ3n) is 2.91. The summed E-state index contributed by atoms with van der Waals surface area (Å²) >= 11 is 0. The Bertz CT molecular complexity index is 737. The number of aromatic nitrogens is 2. The van der Waals surface area contributed by atoms with E-state index in [0.717, 1.165) is 11.3 Å². The van der Waals surface area contributed by atoms with E-state index in [1.165, 1.54) is 12.3 Å². The number of rotatable bonds is 1. The molecule has 0 fully saturated rings. The van der Waals surface area contributed by atoms with Gasteiger partial charge < -0.3 is 5.73 Å². The van der Waals surface area contributed by atoms with Crippen molar-refractivity contribution >= 4 is 29.0 Å². The number of nitrogens with zero attached hydrogens (tertiary/aromatic N) is 2. The SMILES string of the molecule is Cc1cccc(-n2ncc3c(F)cc(N)cc32)c1.Cl. The monoisotopic (exact) mass is 277 g/mol. The van der Waals surface area contributed by atoms with Gasteiger partial charge in [-0.25, -0.2) is 9.07 Å². The number of hydrogen-bond donors (Lipinski definition) is 1. The molecule has 0 saturated heterocycles. The Labute approximate surface area is 116 Å². The summed E-state index contributed by atoms with van der Waals surface area (Å²) in [6.45, 7) is 2.00. The standard InChI is InChI=1S/C14H12FN3.ClH/c1-9-3-2-4-11(5-9)18-14-7-10(16)6-13(15)12(14)8-17-18;/h2-8H,16H2,1H3;1H. The van der Waals surface area contributed by atoms with Crippen LogP contribution in [0.25, 0.3) is 16.6 Å². The summed E-state index contributed by atoms with van der Waals surface area (Å²) in [5, 5.41) is 4.71. The lowest BCUT2D eigenvalue weighted by atomic mass is 10.2. The van der Waals surface area contributed by atoms with E-state index < -0.39 is 0 Å². The fraction of sp³-hybridized carbons (Fsp3) is 0.0714. The van der Waals surface area contributed by atoms with E-state index in [1.807, 2.05) is 31.2 Å². The zero-order valence-electron chi connectivity index (χ0n) is 10.3. The maximum atomic E-state index is 13.7. The van der Waals surface area contributed by atoms with Crippen molar-refractivity contribution in [3.8, 4) is 5.69 Å². The van der Waals surface area contributed by atoms with Crippen LogP contribution >= 0.6 is 12.4 Å². The summed E-state index contributed by atoms with van der Waals surface area (Å²) in [5.41, 5.74) is 8.78. The Kier molecular flexibility index (Phi) is 3.44. The Morgan fingerprint density at radius 1 is 1.21 bits per heavy atom. The average molecular weight is 278 g/mol. The van der Waals surface area contributed by atoms with Crippen LogP contribution in [0.1, 0.15) is 5.56 Å². The van der Waals surface area contributed by atoms with Gasteiger partial charge in [0.2, 0.25) is 0 Å². The zero-order valence-corrected chi connectivity index (χ0v) is 11.1. The summed E-state index contributed by atoms with van der Waals surface area (Å²) in [7, 11) is 0. The minimum atomic E-state index is -0.344. The second-order valence-corrected chi connectivity index (χ2v) is 4.33. The van der Waals surface area contributed by atoms with Gasteiger partial charge >= 0.3 is 0 Å². The van der Waals surface area contributed by atoms with Crippen LogP contribution in [0.3, 0.4) is 0 Å². The van der Waals surface area contributed by atoms with Crippen molar-refractivity contribution in [3.63, 3.8) is 0 Å². The molecule has 0 saturated carbocycles. The molecule has 0 spiro atoms. The molecule has 2 aromatic carbocycles. The Morgan fingerprint density at radius 2 is 2.00 bits per heavy atom. The van der Waals surface area contributed by atoms with Gasteiger partial charge in [-0.1, -0.05) is 12.1 Å². The lowest BCUT2D eigenvalue weighted by Gasteiger charge is -2.05. The highest BCUT2D eigenvalue weighted by atomic mass is 35.5. The van der Waals surface area contributed by atoms with Crippen LogP contribution in [0, 0.1) is 12.7 Å². The molecule has 2 N–H and O–H groups in total. The number of anilines is 1. The summed E-state index contributed by atoms with van der Waals surface area (Å²) < 4.78 is 15.4. The first-order valence-corrected chi connectivity index (χ1v) is 5.65. The minimum absolute atomic E-state index is 0. The van der Waals surface area contributed by atoms with Gasteiger partial charge in [-0.3, -0.25) is 0 Å². The van der Waals surface area contributed by atoms with Gasteiger partial charge in [0.1, 0.15) is 5.82 Å². The molecule has 1 aromatic heterocycles. The molecule has 98 valence electrons. The Morgan fingerprint density at radius 3 is 2.74 bits per heavy atom. The molecule has 0 aliphatic heterocycles. The number of fused-ring (bicyclic) bond motifs is 1. The van der Waals surface area contributed by atoms with E-state index in [0.29, 0.717) is 16.6 Å². The molecule has 19 heavy (non-hydrogen) atoms. The van der Waals surface area contributed by atoms with E-state index >= 15 is 0 Å². The van der Waals surface area contributed by atoms with Gasteiger partial charge in [0.25, 0.3) is 0 Å². The second-order valence-electron chi connectivity index (χ2n) is 4.33. The lowest BCUT2D eigenvalue weighted by molar-refractivity contribution is 0.640. The predicted molar refractivity (Wildman–Crippen MR) is 77.4 cm³/mol. The summed E-state index contributed by atoms with van der Waals surface area (Å²) in [6, 6.07) is 10.9. The van der Waals surface area contributed by atoms with E-state index in [2.05, 4.69) is 5.10 Å². The molecule has 0 bridgehead atoms. The average Bonchev–Trinajstić information content (AvgIpc) is 2.72. The molecule has 3 rings (SSSR count). The second kappa shape index (κ2) is 4.90. The van der Waals surface area contributed by atoms with Crippen LogP contribution in [0.4, 0.5) is 10.1 Å². The number of nitrogen functional groups attached to an aromatic ring is 1. The van der Waals surface area contributed by atoms with E-state index in [4.69, 9.17) is 5.73 Å². The third kappa shape index (κ3) is 2.27. The van der Waals surface area contributed by atoms with Crippen molar-refractivity contribution < 1.29 is 4.39 Å². The van der Waals surface area contributed by atoms with Gasteiger partial charge in [-0.15, -0.1) is 12.4 Å². The normalized spacial score (nSPS) is 10.4. The molecule has 0 radical (unpaired) electrons. The fourth-order valence-corrected chi connectivity index (χ4v) is 2.07. The molecule has 0 aliphatic carbocycles. The predicted octanol–water partition coefficient (Wildman–Crippen LogP) is 3.48. The molecule has 0 unspecified atom stereocenters. The molecule has 3 aromatic rings. The lowest BCUT2D eigenvalue weighted by Crippen LogP contribution is -1.97. The van der Waals surface area contributed by atoms with Crippen LogP contribution in [-0.2, 0) is 0 Å². The maximum Gasteiger partial charge on any atom is 0.136 e. The highest BCUT2D eigenvalue weighted by Gasteiger charge is 2.09. The number of halogens is 2. The van der Waals surface area contributed by atoms with Crippen molar-refractivity contribution in [1.82, 2.24) is 9.78 Å². The van der Waals surface area contributed by atoms with E-state index in [1.54, 1.807) is 10.7 Å². The number of benzene rings is 2. The van der Waals surface area contributed by atoms with Crippen molar-refractivity contribution in [2.24, 2.45) is 0 Å². The summed E-state index contributed by atoms with van der Waals surface area (Å²) in [6.07, 6.45) is 1.52. The molecule has 1 heterocycles. The molecular weight excluding hydrogens is 265 g/mol. The number of nitrogens with two attached hydrogens (primary N) is 1. The number of aryl methyl sites for hydroxylation is 1. The zero-order chi connectivity index (χ0) is 12.7. The van der Waals surface area contributed by atoms with Gasteiger partial charge in [0, 0.05) is 5.69 Å². The fourth-order valence-electron chi connectivity index (χ4n) is 2.07. The van der Waals surface area contributed by atoms with Gasteiger partial charge in [-0.2, -0.15) is 5.10 Å². The largest absolute Gasteiger partial charge is 0.399 e. The maximum absolute atomic E-state index is 13.7. The van der Waals surface area contributed by atoms with E-state index in [-0.39, 0.29) is 18.2 Å².